The average Bonchev–Trinajstić information content (AvgIpc) is 2.65. The van der Waals surface area contributed by atoms with Gasteiger partial charge < -0.3 is 26.6 Å². The number of rotatable bonds is 7. The molecule has 1 saturated heterocycles. The number of alkyl halides is 3. The fraction of sp³-hybridized carbons (Fsp3) is 0.579. The first kappa shape index (κ1) is 23.1. The minimum Gasteiger partial charge on any atom is -0.397 e. The maximum Gasteiger partial charge on any atom is 0.416 e. The molecule has 7 nitrogen and oxygen atoms in total. The van der Waals surface area contributed by atoms with E-state index in [4.69, 9.17) is 11.5 Å². The number of piperazine rings is 1. The Kier molecular flexibility index (Phi) is 7.61. The van der Waals surface area contributed by atoms with Crippen LogP contribution in [0.15, 0.2) is 12.1 Å². The van der Waals surface area contributed by atoms with Crippen molar-refractivity contribution in [3.05, 3.63) is 28.8 Å². The second-order valence-corrected chi connectivity index (χ2v) is 7.39. The molecule has 0 radical (unpaired) electrons. The number of benzene rings is 1. The Morgan fingerprint density at radius 1 is 1.17 bits per heavy atom. The highest BCUT2D eigenvalue weighted by atomic mass is 19.4. The van der Waals surface area contributed by atoms with Crippen LogP contribution in [0.2, 0.25) is 0 Å². The van der Waals surface area contributed by atoms with E-state index in [0.717, 1.165) is 32.7 Å². The standard InChI is InChI=1S/C19H28F3N5O2/c1-12(23)17(28)14-10-13(19(20,21)22)11-15(16(14)24)18(29)25-4-3-5-27-8-6-26(2)7-9-27/h10-12H,3-9,23-24H2,1-2H3,(H,25,29)/t12-/m0/s1. The summed E-state index contributed by atoms with van der Waals surface area (Å²) in [5.41, 5.74) is 9.19. The molecule has 2 rings (SSSR count). The highest BCUT2D eigenvalue weighted by Crippen LogP contribution is 2.33. The number of nitrogen functional groups attached to an aromatic ring is 1. The first-order valence-corrected chi connectivity index (χ1v) is 9.50. The molecule has 1 amide bonds. The Morgan fingerprint density at radius 2 is 1.76 bits per heavy atom. The number of halogens is 3. The number of ketones is 1. The number of nitrogens with zero attached hydrogens (tertiary/aromatic N) is 2. The number of hydrogen-bond donors (Lipinski definition) is 3. The van der Waals surface area contributed by atoms with Gasteiger partial charge in [0.25, 0.3) is 5.91 Å². The number of amides is 1. The van der Waals surface area contributed by atoms with Gasteiger partial charge in [-0.1, -0.05) is 0 Å². The molecule has 1 fully saturated rings. The fourth-order valence-electron chi connectivity index (χ4n) is 3.13. The quantitative estimate of drug-likeness (QED) is 0.351. The van der Waals surface area contributed by atoms with Crippen LogP contribution in [0.5, 0.6) is 0 Å². The number of likely N-dealkylation sites (N-methyl/N-ethyl adjacent to an activating group) is 1. The molecular weight excluding hydrogens is 387 g/mol. The zero-order valence-corrected chi connectivity index (χ0v) is 16.7. The second kappa shape index (κ2) is 9.55. The molecule has 1 atom stereocenters. The summed E-state index contributed by atoms with van der Waals surface area (Å²) < 4.78 is 39.7. The van der Waals surface area contributed by atoms with Gasteiger partial charge in [-0.2, -0.15) is 13.2 Å². The molecule has 162 valence electrons. The van der Waals surface area contributed by atoms with Gasteiger partial charge in [0.1, 0.15) is 0 Å². The van der Waals surface area contributed by atoms with Crippen molar-refractivity contribution in [2.75, 3.05) is 52.0 Å². The van der Waals surface area contributed by atoms with E-state index in [0.29, 0.717) is 18.6 Å². The van der Waals surface area contributed by atoms with E-state index < -0.39 is 35.0 Å². The van der Waals surface area contributed by atoms with Gasteiger partial charge in [0.2, 0.25) is 0 Å². The molecule has 0 bridgehead atoms. The molecule has 1 aromatic carbocycles. The molecule has 0 aliphatic carbocycles. The highest BCUT2D eigenvalue weighted by Gasteiger charge is 2.34. The van der Waals surface area contributed by atoms with E-state index in [-0.39, 0.29) is 17.8 Å². The monoisotopic (exact) mass is 415 g/mol. The van der Waals surface area contributed by atoms with Crippen molar-refractivity contribution in [3.63, 3.8) is 0 Å². The number of Topliss-reactive ketones (excluding diaryl/α,β-unsaturated/α-hetero) is 1. The summed E-state index contributed by atoms with van der Waals surface area (Å²) in [4.78, 5) is 29.1. The lowest BCUT2D eigenvalue weighted by Gasteiger charge is -2.32. The summed E-state index contributed by atoms with van der Waals surface area (Å²) in [5.74, 6) is -1.50. The minimum atomic E-state index is -4.73. The lowest BCUT2D eigenvalue weighted by molar-refractivity contribution is -0.137. The Bertz CT molecular complexity index is 744. The largest absolute Gasteiger partial charge is 0.416 e. The van der Waals surface area contributed by atoms with Crippen LogP contribution in [0.1, 0.15) is 39.6 Å². The normalized spacial score (nSPS) is 17.2. The van der Waals surface area contributed by atoms with Crippen molar-refractivity contribution in [2.24, 2.45) is 5.73 Å². The van der Waals surface area contributed by atoms with Gasteiger partial charge in [0.05, 0.1) is 22.9 Å². The van der Waals surface area contributed by atoms with Crippen LogP contribution in [-0.2, 0) is 6.18 Å². The number of carbonyl (C=O) groups excluding carboxylic acids is 2. The predicted octanol–water partition coefficient (Wildman–Crippen LogP) is 1.18. The zero-order chi connectivity index (χ0) is 21.8. The Balaban J connectivity index is 2.08. The summed E-state index contributed by atoms with van der Waals surface area (Å²) >= 11 is 0. The van der Waals surface area contributed by atoms with Gasteiger partial charge in [0.15, 0.2) is 5.78 Å². The Morgan fingerprint density at radius 3 is 2.31 bits per heavy atom. The number of hydrogen-bond acceptors (Lipinski definition) is 6. The molecule has 1 heterocycles. The number of anilines is 1. The average molecular weight is 415 g/mol. The third-order valence-corrected chi connectivity index (χ3v) is 4.96. The lowest BCUT2D eigenvalue weighted by Crippen LogP contribution is -2.45. The Hall–Kier alpha value is -2.17. The van der Waals surface area contributed by atoms with E-state index in [1.165, 1.54) is 6.92 Å². The number of carbonyl (C=O) groups is 2. The maximum atomic E-state index is 13.2. The molecule has 0 spiro atoms. The van der Waals surface area contributed by atoms with Gasteiger partial charge in [-0.15, -0.1) is 0 Å². The molecular formula is C19H28F3N5O2. The van der Waals surface area contributed by atoms with E-state index >= 15 is 0 Å². The van der Waals surface area contributed by atoms with E-state index in [1.807, 2.05) is 0 Å². The summed E-state index contributed by atoms with van der Waals surface area (Å²) in [6.45, 7) is 6.24. The lowest BCUT2D eigenvalue weighted by atomic mass is 9.96. The van der Waals surface area contributed by atoms with Crippen LogP contribution in [-0.4, -0.2) is 73.8 Å². The van der Waals surface area contributed by atoms with Crippen molar-refractivity contribution >= 4 is 17.4 Å². The van der Waals surface area contributed by atoms with Gasteiger partial charge in [-0.3, -0.25) is 9.59 Å². The number of nitrogens with one attached hydrogen (secondary N) is 1. The van der Waals surface area contributed by atoms with Crippen LogP contribution >= 0.6 is 0 Å². The molecule has 1 aliphatic rings. The van der Waals surface area contributed by atoms with Crippen molar-refractivity contribution in [1.82, 2.24) is 15.1 Å². The van der Waals surface area contributed by atoms with Crippen molar-refractivity contribution < 1.29 is 22.8 Å². The first-order valence-electron chi connectivity index (χ1n) is 9.50. The summed E-state index contributed by atoms with van der Waals surface area (Å²) in [6, 6.07) is 0.272. The summed E-state index contributed by atoms with van der Waals surface area (Å²) in [7, 11) is 2.06. The fourth-order valence-corrected chi connectivity index (χ4v) is 3.13. The summed E-state index contributed by atoms with van der Waals surface area (Å²) in [6.07, 6.45) is -4.07. The third-order valence-electron chi connectivity index (χ3n) is 4.96. The third kappa shape index (κ3) is 6.15. The van der Waals surface area contributed by atoms with E-state index in [2.05, 4.69) is 22.2 Å². The molecule has 0 aromatic heterocycles. The molecule has 0 unspecified atom stereocenters. The molecule has 0 saturated carbocycles. The van der Waals surface area contributed by atoms with E-state index in [1.54, 1.807) is 0 Å². The van der Waals surface area contributed by atoms with Gasteiger partial charge in [0, 0.05) is 38.3 Å². The molecule has 1 aromatic rings. The van der Waals surface area contributed by atoms with Crippen molar-refractivity contribution in [2.45, 2.75) is 25.6 Å². The molecule has 5 N–H and O–H groups in total. The van der Waals surface area contributed by atoms with Crippen LogP contribution in [0, 0.1) is 0 Å². The van der Waals surface area contributed by atoms with Gasteiger partial charge >= 0.3 is 6.18 Å². The Labute approximate surface area is 168 Å². The van der Waals surface area contributed by atoms with Crippen LogP contribution in [0.3, 0.4) is 0 Å². The van der Waals surface area contributed by atoms with E-state index in [9.17, 15) is 22.8 Å². The van der Waals surface area contributed by atoms with Crippen molar-refractivity contribution in [3.8, 4) is 0 Å². The number of nitrogens with two attached hydrogens (primary N) is 2. The predicted molar refractivity (Wildman–Crippen MR) is 105 cm³/mol. The van der Waals surface area contributed by atoms with Gasteiger partial charge in [-0.25, -0.2) is 0 Å². The molecule has 1 aliphatic heterocycles. The topological polar surface area (TPSA) is 105 Å². The molecule has 10 heteroatoms. The zero-order valence-electron chi connectivity index (χ0n) is 16.7. The minimum absolute atomic E-state index is 0.289. The maximum absolute atomic E-state index is 13.2. The molecule has 29 heavy (non-hydrogen) atoms. The van der Waals surface area contributed by atoms with Crippen LogP contribution in [0.4, 0.5) is 18.9 Å². The van der Waals surface area contributed by atoms with Crippen LogP contribution < -0.4 is 16.8 Å². The van der Waals surface area contributed by atoms with Crippen molar-refractivity contribution in [1.29, 1.82) is 0 Å². The van der Waals surface area contributed by atoms with Gasteiger partial charge in [-0.05, 0) is 39.1 Å². The first-order chi connectivity index (χ1) is 13.5. The summed E-state index contributed by atoms with van der Waals surface area (Å²) in [5, 5.41) is 2.60. The smallest absolute Gasteiger partial charge is 0.397 e. The highest BCUT2D eigenvalue weighted by molar-refractivity contribution is 6.09. The second-order valence-electron chi connectivity index (χ2n) is 7.39. The SMILES string of the molecule is C[C@H](N)C(=O)c1cc(C(F)(F)F)cc(C(=O)NCCCN2CCN(C)CC2)c1N. The van der Waals surface area contributed by atoms with Crippen LogP contribution in [0.25, 0.3) is 0 Å².